The molecule has 0 bridgehead atoms. The second-order valence-corrected chi connectivity index (χ2v) is 4.59. The maximum atomic E-state index is 11.3. The Balaban J connectivity index is 2.99. The van der Waals surface area contributed by atoms with Crippen LogP contribution in [0.2, 0.25) is 0 Å². The number of nitrogens with zero attached hydrogens (tertiary/aromatic N) is 3. The first-order valence-corrected chi connectivity index (χ1v) is 6.48. The average Bonchev–Trinajstić information content (AvgIpc) is 2.40. The molecular formula is C12H17N3O7. The van der Waals surface area contributed by atoms with Gasteiger partial charge in [0.2, 0.25) is 0 Å². The van der Waals surface area contributed by atoms with Crippen molar-refractivity contribution in [2.45, 2.75) is 45.1 Å². The molecule has 22 heavy (non-hydrogen) atoms. The lowest BCUT2D eigenvalue weighted by Gasteiger charge is -2.39. The van der Waals surface area contributed by atoms with Crippen molar-refractivity contribution in [2.24, 2.45) is 5.11 Å². The Morgan fingerprint density at radius 1 is 1.14 bits per heavy atom. The molecular weight excluding hydrogens is 298 g/mol. The molecule has 0 aromatic heterocycles. The van der Waals surface area contributed by atoms with E-state index in [-0.39, 0.29) is 13.2 Å². The third-order valence-electron chi connectivity index (χ3n) is 2.81. The SMILES string of the molecule is CC(=O)OCC1OCC(N=[N+]=[N-])C(OC(C)=O)[C@@H]1OC(C)=O. The molecule has 1 saturated heterocycles. The summed E-state index contributed by atoms with van der Waals surface area (Å²) in [4.78, 5) is 36.1. The van der Waals surface area contributed by atoms with Crippen LogP contribution in [0.4, 0.5) is 0 Å². The maximum Gasteiger partial charge on any atom is 0.303 e. The van der Waals surface area contributed by atoms with Crippen molar-refractivity contribution in [3.8, 4) is 0 Å². The first-order valence-electron chi connectivity index (χ1n) is 6.48. The zero-order chi connectivity index (χ0) is 16.7. The molecule has 10 nitrogen and oxygen atoms in total. The molecule has 10 heteroatoms. The standard InChI is InChI=1S/C12H17N3O7/c1-6(16)19-5-10-12(22-8(3)18)11(21-7(2)17)9(4-20-10)14-15-13/h9-12H,4-5H2,1-3H3/t9?,10?,11?,12-/m1/s1. The molecule has 1 heterocycles. The van der Waals surface area contributed by atoms with Gasteiger partial charge in [0.25, 0.3) is 0 Å². The van der Waals surface area contributed by atoms with E-state index in [1.807, 2.05) is 0 Å². The van der Waals surface area contributed by atoms with Gasteiger partial charge in [0, 0.05) is 25.7 Å². The fourth-order valence-corrected chi connectivity index (χ4v) is 2.02. The molecule has 1 aliphatic heterocycles. The van der Waals surface area contributed by atoms with Crippen molar-refractivity contribution < 1.29 is 33.3 Å². The van der Waals surface area contributed by atoms with Gasteiger partial charge < -0.3 is 18.9 Å². The van der Waals surface area contributed by atoms with Gasteiger partial charge in [-0.2, -0.15) is 0 Å². The van der Waals surface area contributed by atoms with E-state index in [9.17, 15) is 14.4 Å². The Kier molecular flexibility index (Phi) is 6.61. The lowest BCUT2D eigenvalue weighted by molar-refractivity contribution is -0.204. The molecule has 0 aromatic carbocycles. The van der Waals surface area contributed by atoms with Gasteiger partial charge in [-0.1, -0.05) is 5.11 Å². The first kappa shape index (κ1) is 17.7. The van der Waals surface area contributed by atoms with Crippen LogP contribution in [0.3, 0.4) is 0 Å². The van der Waals surface area contributed by atoms with E-state index in [2.05, 4.69) is 10.0 Å². The summed E-state index contributed by atoms with van der Waals surface area (Å²) in [5.74, 6) is -1.81. The van der Waals surface area contributed by atoms with Gasteiger partial charge in [-0.3, -0.25) is 14.4 Å². The number of hydrogen-bond donors (Lipinski definition) is 0. The molecule has 1 fully saturated rings. The summed E-state index contributed by atoms with van der Waals surface area (Å²) in [6, 6.07) is -0.855. The number of esters is 3. The maximum absolute atomic E-state index is 11.3. The van der Waals surface area contributed by atoms with Crippen molar-refractivity contribution in [1.29, 1.82) is 0 Å². The van der Waals surface area contributed by atoms with Crippen LogP contribution >= 0.6 is 0 Å². The minimum absolute atomic E-state index is 0.0638. The van der Waals surface area contributed by atoms with Crippen molar-refractivity contribution in [1.82, 2.24) is 0 Å². The molecule has 3 unspecified atom stereocenters. The minimum atomic E-state index is -1.05. The summed E-state index contributed by atoms with van der Waals surface area (Å²) in [6.07, 6.45) is -2.90. The molecule has 0 amide bonds. The van der Waals surface area contributed by atoms with Gasteiger partial charge in [-0.25, -0.2) is 0 Å². The number of rotatable bonds is 5. The molecule has 0 N–H and O–H groups in total. The van der Waals surface area contributed by atoms with Gasteiger partial charge in [0.15, 0.2) is 12.2 Å². The van der Waals surface area contributed by atoms with E-state index >= 15 is 0 Å². The number of carbonyl (C=O) groups excluding carboxylic acids is 3. The molecule has 1 rings (SSSR count). The highest BCUT2D eigenvalue weighted by Gasteiger charge is 2.45. The van der Waals surface area contributed by atoms with Gasteiger partial charge >= 0.3 is 17.9 Å². The van der Waals surface area contributed by atoms with E-state index in [1.165, 1.54) is 20.8 Å². The Bertz CT molecular complexity index is 489. The highest BCUT2D eigenvalue weighted by Crippen LogP contribution is 2.24. The van der Waals surface area contributed by atoms with Crippen LogP contribution < -0.4 is 0 Å². The topological polar surface area (TPSA) is 137 Å². The van der Waals surface area contributed by atoms with Crippen LogP contribution in [0.25, 0.3) is 10.4 Å². The van der Waals surface area contributed by atoms with Crippen LogP contribution in [-0.4, -0.2) is 55.5 Å². The summed E-state index contributed by atoms with van der Waals surface area (Å²) < 4.78 is 20.5. The molecule has 122 valence electrons. The van der Waals surface area contributed by atoms with Gasteiger partial charge in [-0.15, -0.1) is 0 Å². The molecule has 0 saturated carbocycles. The zero-order valence-corrected chi connectivity index (χ0v) is 12.4. The van der Waals surface area contributed by atoms with Crippen LogP contribution in [-0.2, 0) is 33.3 Å². The monoisotopic (exact) mass is 315 g/mol. The Labute approximate surface area is 126 Å². The predicted octanol–water partition coefficient (Wildman–Crippen LogP) is 0.491. The van der Waals surface area contributed by atoms with E-state index in [4.69, 9.17) is 24.5 Å². The van der Waals surface area contributed by atoms with Gasteiger partial charge in [0.05, 0.1) is 6.61 Å². The van der Waals surface area contributed by atoms with Crippen molar-refractivity contribution in [2.75, 3.05) is 13.2 Å². The lowest BCUT2D eigenvalue weighted by atomic mass is 9.98. The number of hydrogen-bond acceptors (Lipinski definition) is 8. The predicted molar refractivity (Wildman–Crippen MR) is 70.4 cm³/mol. The Hall–Kier alpha value is -2.32. The highest BCUT2D eigenvalue weighted by molar-refractivity contribution is 5.67. The van der Waals surface area contributed by atoms with Gasteiger partial charge in [0.1, 0.15) is 18.8 Å². The normalized spacial score (nSPS) is 27.2. The Morgan fingerprint density at radius 3 is 2.23 bits per heavy atom. The summed E-state index contributed by atoms with van der Waals surface area (Å²) >= 11 is 0. The lowest BCUT2D eigenvalue weighted by Crippen LogP contribution is -2.57. The van der Waals surface area contributed by atoms with Crippen LogP contribution in [0.15, 0.2) is 5.11 Å². The molecule has 0 spiro atoms. The first-order chi connectivity index (χ1) is 10.3. The molecule has 0 aromatic rings. The fraction of sp³-hybridized carbons (Fsp3) is 0.750. The minimum Gasteiger partial charge on any atom is -0.463 e. The summed E-state index contributed by atoms with van der Waals surface area (Å²) in [6.45, 7) is 3.31. The second kappa shape index (κ2) is 8.20. The molecule has 0 aliphatic carbocycles. The highest BCUT2D eigenvalue weighted by atomic mass is 16.6. The second-order valence-electron chi connectivity index (χ2n) is 4.59. The van der Waals surface area contributed by atoms with Crippen LogP contribution in [0.5, 0.6) is 0 Å². The quantitative estimate of drug-likeness (QED) is 0.236. The number of azide groups is 1. The van der Waals surface area contributed by atoms with Crippen molar-refractivity contribution in [3.63, 3.8) is 0 Å². The zero-order valence-electron chi connectivity index (χ0n) is 12.4. The Morgan fingerprint density at radius 2 is 1.73 bits per heavy atom. The molecule has 4 atom stereocenters. The number of carbonyl (C=O) groups is 3. The smallest absolute Gasteiger partial charge is 0.303 e. The number of ether oxygens (including phenoxy) is 4. The third kappa shape index (κ3) is 5.23. The third-order valence-corrected chi connectivity index (χ3v) is 2.81. The van der Waals surface area contributed by atoms with Crippen molar-refractivity contribution >= 4 is 17.9 Å². The van der Waals surface area contributed by atoms with E-state index < -0.39 is 42.3 Å². The van der Waals surface area contributed by atoms with E-state index in [0.29, 0.717) is 0 Å². The van der Waals surface area contributed by atoms with Crippen LogP contribution in [0, 0.1) is 0 Å². The summed E-state index contributed by atoms with van der Waals surface area (Å²) in [5, 5.41) is 3.48. The van der Waals surface area contributed by atoms with Crippen molar-refractivity contribution in [3.05, 3.63) is 10.4 Å². The summed E-state index contributed by atoms with van der Waals surface area (Å²) in [7, 11) is 0. The van der Waals surface area contributed by atoms with Gasteiger partial charge in [-0.05, 0) is 5.53 Å². The van der Waals surface area contributed by atoms with E-state index in [0.717, 1.165) is 0 Å². The summed E-state index contributed by atoms with van der Waals surface area (Å²) in [5.41, 5.74) is 8.57. The molecule has 0 radical (unpaired) electrons. The average molecular weight is 315 g/mol. The fourth-order valence-electron chi connectivity index (χ4n) is 2.02. The largest absolute Gasteiger partial charge is 0.463 e. The van der Waals surface area contributed by atoms with Crippen LogP contribution in [0.1, 0.15) is 20.8 Å². The molecule has 1 aliphatic rings. The van der Waals surface area contributed by atoms with E-state index in [1.54, 1.807) is 0 Å².